The van der Waals surface area contributed by atoms with Crippen molar-refractivity contribution in [3.63, 3.8) is 0 Å². The molecule has 3 rings (SSSR count). The zero-order chi connectivity index (χ0) is 26.9. The first-order valence-electron chi connectivity index (χ1n) is 11.0. The summed E-state index contributed by atoms with van der Waals surface area (Å²) in [6.45, 7) is 4.42. The van der Waals surface area contributed by atoms with Crippen LogP contribution < -0.4 is 0 Å². The summed E-state index contributed by atoms with van der Waals surface area (Å²) in [5, 5.41) is 26.5. The van der Waals surface area contributed by atoms with Crippen LogP contribution in [0.2, 0.25) is 0 Å². The SMILES string of the molecule is C/C(O)=C\C(=O)c1ccccc1.C/C(O)=C\C(=O)c1ccccc1.CC(O)=CC(=O)c1ccccc1.[Fe]. The van der Waals surface area contributed by atoms with E-state index in [9.17, 15) is 14.4 Å². The molecule has 7 heteroatoms. The average molecular weight is 542 g/mol. The quantitative estimate of drug-likeness (QED) is 0.134. The largest absolute Gasteiger partial charge is 0.512 e. The van der Waals surface area contributed by atoms with E-state index in [1.165, 1.54) is 39.0 Å². The predicted molar refractivity (Wildman–Crippen MR) is 141 cm³/mol. The van der Waals surface area contributed by atoms with Crippen LogP contribution in [0.25, 0.3) is 0 Å². The summed E-state index contributed by atoms with van der Waals surface area (Å²) in [4.78, 5) is 33.7. The van der Waals surface area contributed by atoms with Crippen LogP contribution in [0.1, 0.15) is 51.8 Å². The Balaban J connectivity index is 0.000000518. The summed E-state index contributed by atoms with van der Waals surface area (Å²) in [7, 11) is 0. The van der Waals surface area contributed by atoms with Crippen LogP contribution in [0.5, 0.6) is 0 Å². The van der Waals surface area contributed by atoms with Crippen molar-refractivity contribution in [2.24, 2.45) is 0 Å². The Morgan fingerprint density at radius 2 is 0.649 bits per heavy atom. The molecule has 3 aromatic carbocycles. The molecule has 3 aromatic rings. The Labute approximate surface area is 227 Å². The summed E-state index contributed by atoms with van der Waals surface area (Å²) < 4.78 is 0. The van der Waals surface area contributed by atoms with Gasteiger partial charge in [0.15, 0.2) is 17.3 Å². The van der Waals surface area contributed by atoms with E-state index in [0.29, 0.717) is 16.7 Å². The summed E-state index contributed by atoms with van der Waals surface area (Å²) in [6, 6.07) is 26.5. The monoisotopic (exact) mass is 542 g/mol. The second-order valence-electron chi connectivity index (χ2n) is 7.55. The fourth-order valence-electron chi connectivity index (χ4n) is 2.63. The molecule has 0 spiro atoms. The summed E-state index contributed by atoms with van der Waals surface area (Å²) in [5.74, 6) is -0.418. The van der Waals surface area contributed by atoms with Gasteiger partial charge in [0, 0.05) is 52.0 Å². The van der Waals surface area contributed by atoms with Crippen molar-refractivity contribution in [2.45, 2.75) is 20.8 Å². The van der Waals surface area contributed by atoms with Gasteiger partial charge < -0.3 is 15.3 Å². The van der Waals surface area contributed by atoms with Crippen LogP contribution >= 0.6 is 0 Å². The molecule has 0 saturated heterocycles. The minimum Gasteiger partial charge on any atom is -0.512 e. The molecular weight excluding hydrogens is 512 g/mol. The fraction of sp³-hybridized carbons (Fsp3) is 0.100. The molecule has 0 aromatic heterocycles. The van der Waals surface area contributed by atoms with Gasteiger partial charge in [0.25, 0.3) is 0 Å². The number of hydrogen-bond donors (Lipinski definition) is 3. The first-order chi connectivity index (χ1) is 17.1. The van der Waals surface area contributed by atoms with Crippen molar-refractivity contribution in [3.8, 4) is 0 Å². The number of carbonyl (C=O) groups is 3. The topological polar surface area (TPSA) is 112 Å². The van der Waals surface area contributed by atoms with Crippen LogP contribution in [0.15, 0.2) is 127 Å². The van der Waals surface area contributed by atoms with Crippen molar-refractivity contribution in [1.82, 2.24) is 0 Å². The van der Waals surface area contributed by atoms with Crippen LogP contribution in [0.3, 0.4) is 0 Å². The molecule has 194 valence electrons. The van der Waals surface area contributed by atoms with Gasteiger partial charge in [-0.05, 0) is 20.8 Å². The zero-order valence-corrected chi connectivity index (χ0v) is 21.9. The molecule has 0 saturated carbocycles. The van der Waals surface area contributed by atoms with E-state index < -0.39 is 0 Å². The zero-order valence-electron chi connectivity index (χ0n) is 20.8. The third kappa shape index (κ3) is 14.7. The van der Waals surface area contributed by atoms with Crippen molar-refractivity contribution >= 4 is 17.3 Å². The third-order valence-electron chi connectivity index (χ3n) is 4.19. The molecule has 0 aliphatic heterocycles. The molecule has 37 heavy (non-hydrogen) atoms. The normalized spacial score (nSPS) is 10.9. The molecule has 0 bridgehead atoms. The maximum absolute atomic E-state index is 11.2. The molecule has 0 radical (unpaired) electrons. The minimum absolute atomic E-state index is 0. The van der Waals surface area contributed by atoms with Crippen molar-refractivity contribution in [3.05, 3.63) is 143 Å². The number of allylic oxidation sites excluding steroid dienone is 6. The first-order valence-corrected chi connectivity index (χ1v) is 11.0. The average Bonchev–Trinajstić information content (AvgIpc) is 2.85. The van der Waals surface area contributed by atoms with Gasteiger partial charge in [-0.15, -0.1) is 0 Å². The molecule has 3 N–H and O–H groups in total. The van der Waals surface area contributed by atoms with Crippen molar-refractivity contribution < 1.29 is 46.8 Å². The Morgan fingerprint density at radius 1 is 0.459 bits per heavy atom. The minimum atomic E-state index is -0.171. The standard InChI is InChI=1S/3C10H10O2.Fe/c3*1-8(11)7-10(12)9-5-3-2-4-6-9;/h3*2-7,11H,1H3;/b2*8-7+;;. The molecule has 0 fully saturated rings. The molecule has 0 amide bonds. The smallest absolute Gasteiger partial charge is 0.189 e. The number of carbonyl (C=O) groups excluding carboxylic acids is 3. The van der Waals surface area contributed by atoms with Gasteiger partial charge in [-0.2, -0.15) is 0 Å². The van der Waals surface area contributed by atoms with E-state index in [4.69, 9.17) is 15.3 Å². The van der Waals surface area contributed by atoms with E-state index in [1.807, 2.05) is 18.2 Å². The molecule has 0 heterocycles. The third-order valence-corrected chi connectivity index (χ3v) is 4.19. The number of hydrogen-bond acceptors (Lipinski definition) is 6. The van der Waals surface area contributed by atoms with Gasteiger partial charge >= 0.3 is 0 Å². The fourth-order valence-corrected chi connectivity index (χ4v) is 2.63. The van der Waals surface area contributed by atoms with Gasteiger partial charge in [0.05, 0.1) is 17.3 Å². The number of rotatable bonds is 6. The Bertz CT molecular complexity index is 1050. The van der Waals surface area contributed by atoms with Crippen molar-refractivity contribution in [2.75, 3.05) is 0 Å². The first kappa shape index (κ1) is 32.8. The molecular formula is C30H30FeO6. The van der Waals surface area contributed by atoms with E-state index in [2.05, 4.69) is 0 Å². The maximum Gasteiger partial charge on any atom is 0.189 e. The number of aliphatic hydroxyl groups excluding tert-OH is 3. The molecule has 0 aliphatic carbocycles. The Hall–Kier alpha value is -4.19. The Kier molecular flexibility index (Phi) is 16.1. The van der Waals surface area contributed by atoms with Crippen molar-refractivity contribution in [1.29, 1.82) is 0 Å². The van der Waals surface area contributed by atoms with Gasteiger partial charge in [0.1, 0.15) is 0 Å². The molecule has 0 aliphatic rings. The molecule has 0 atom stereocenters. The van der Waals surface area contributed by atoms with E-state index in [-0.39, 0.29) is 51.7 Å². The van der Waals surface area contributed by atoms with Gasteiger partial charge in [-0.1, -0.05) is 91.0 Å². The number of aliphatic hydroxyl groups is 3. The number of ketones is 3. The van der Waals surface area contributed by atoms with Gasteiger partial charge in [0.2, 0.25) is 0 Å². The van der Waals surface area contributed by atoms with E-state index in [0.717, 1.165) is 0 Å². The van der Waals surface area contributed by atoms with Crippen LogP contribution in [-0.4, -0.2) is 32.7 Å². The second-order valence-corrected chi connectivity index (χ2v) is 7.55. The van der Waals surface area contributed by atoms with E-state index >= 15 is 0 Å². The summed E-state index contributed by atoms with van der Waals surface area (Å²) in [5.41, 5.74) is 1.77. The maximum atomic E-state index is 11.2. The number of benzene rings is 3. The summed E-state index contributed by atoms with van der Waals surface area (Å²) in [6.07, 6.45) is 3.61. The molecule has 0 unspecified atom stereocenters. The molecule has 6 nitrogen and oxygen atoms in total. The summed E-state index contributed by atoms with van der Waals surface area (Å²) >= 11 is 0. The van der Waals surface area contributed by atoms with Gasteiger partial charge in [-0.25, -0.2) is 0 Å². The van der Waals surface area contributed by atoms with Gasteiger partial charge in [-0.3, -0.25) is 14.4 Å². The van der Waals surface area contributed by atoms with Crippen LogP contribution in [0.4, 0.5) is 0 Å². The second kappa shape index (κ2) is 18.1. The van der Waals surface area contributed by atoms with Crippen LogP contribution in [-0.2, 0) is 17.1 Å². The Morgan fingerprint density at radius 3 is 0.811 bits per heavy atom. The predicted octanol–water partition coefficient (Wildman–Crippen LogP) is 6.99. The van der Waals surface area contributed by atoms with Crippen LogP contribution in [0, 0.1) is 0 Å². The van der Waals surface area contributed by atoms with E-state index in [1.54, 1.807) is 72.8 Å².